The summed E-state index contributed by atoms with van der Waals surface area (Å²) in [5.74, 6) is -2.18. The maximum atomic E-state index is 13.0. The van der Waals surface area contributed by atoms with Crippen LogP contribution in [0, 0.1) is 3.57 Å². The second kappa shape index (κ2) is 6.87. The first kappa shape index (κ1) is 18.8. The maximum Gasteiger partial charge on any atom is 0.574 e. The minimum Gasteiger partial charge on any atom is -0.466 e. The molecule has 4 nitrogen and oxygen atoms in total. The van der Waals surface area contributed by atoms with E-state index in [4.69, 9.17) is 0 Å². The van der Waals surface area contributed by atoms with E-state index in [1.54, 1.807) is 0 Å². The van der Waals surface area contributed by atoms with Crippen LogP contribution in [0.1, 0.15) is 18.1 Å². The number of aromatic nitrogens is 1. The Morgan fingerprint density at radius 3 is 2.32 bits per heavy atom. The molecule has 22 heavy (non-hydrogen) atoms. The van der Waals surface area contributed by atoms with E-state index >= 15 is 0 Å². The number of esters is 1. The van der Waals surface area contributed by atoms with E-state index in [1.807, 2.05) is 0 Å². The maximum absolute atomic E-state index is 13.0. The highest BCUT2D eigenvalue weighted by Crippen LogP contribution is 2.39. The van der Waals surface area contributed by atoms with Crippen LogP contribution in [0.4, 0.5) is 26.3 Å². The minimum atomic E-state index is -5.18. The Balaban J connectivity index is 3.30. The summed E-state index contributed by atoms with van der Waals surface area (Å²) in [4.78, 5) is 14.5. The van der Waals surface area contributed by atoms with Gasteiger partial charge in [0.25, 0.3) is 0 Å². The summed E-state index contributed by atoms with van der Waals surface area (Å²) in [6, 6.07) is 0. The number of hydrogen-bond donors (Lipinski definition) is 0. The van der Waals surface area contributed by atoms with Gasteiger partial charge in [0.05, 0.1) is 22.2 Å². The molecule has 1 heterocycles. The molecular weight excluding hydrogens is 435 g/mol. The number of carbonyl (C=O) groups excluding carboxylic acids is 1. The molecule has 0 fully saturated rings. The van der Waals surface area contributed by atoms with E-state index < -0.39 is 45.5 Å². The average molecular weight is 443 g/mol. The Morgan fingerprint density at radius 2 is 1.86 bits per heavy atom. The number of pyridine rings is 1. The van der Waals surface area contributed by atoms with Gasteiger partial charge in [0.1, 0.15) is 0 Å². The van der Waals surface area contributed by atoms with Crippen LogP contribution in [0.15, 0.2) is 6.20 Å². The lowest BCUT2D eigenvalue weighted by Crippen LogP contribution is -2.22. The number of ether oxygens (including phenoxy) is 2. The van der Waals surface area contributed by atoms with Crippen LogP contribution in [0.25, 0.3) is 0 Å². The molecule has 0 atom stereocenters. The average Bonchev–Trinajstić information content (AvgIpc) is 2.29. The Labute approximate surface area is 133 Å². The van der Waals surface area contributed by atoms with Gasteiger partial charge in [-0.15, -0.1) is 13.2 Å². The minimum absolute atomic E-state index is 0.0417. The highest BCUT2D eigenvalue weighted by molar-refractivity contribution is 14.1. The lowest BCUT2D eigenvalue weighted by molar-refractivity contribution is -0.276. The fourth-order valence-electron chi connectivity index (χ4n) is 1.49. The lowest BCUT2D eigenvalue weighted by Gasteiger charge is -2.17. The van der Waals surface area contributed by atoms with Gasteiger partial charge in [0, 0.05) is 6.20 Å². The summed E-state index contributed by atoms with van der Waals surface area (Å²) < 4.78 is 82.6. The Kier molecular flexibility index (Phi) is 5.87. The van der Waals surface area contributed by atoms with Gasteiger partial charge >= 0.3 is 18.5 Å². The van der Waals surface area contributed by atoms with E-state index in [1.165, 1.54) is 6.92 Å². The molecule has 0 amide bonds. The molecule has 0 aromatic carbocycles. The first-order chi connectivity index (χ1) is 9.95. The van der Waals surface area contributed by atoms with Crippen LogP contribution >= 0.6 is 22.6 Å². The second-order valence-electron chi connectivity index (χ2n) is 3.80. The van der Waals surface area contributed by atoms with Crippen molar-refractivity contribution in [1.82, 2.24) is 4.98 Å². The molecule has 124 valence electrons. The summed E-state index contributed by atoms with van der Waals surface area (Å²) >= 11 is 1.04. The lowest BCUT2D eigenvalue weighted by atomic mass is 10.1. The van der Waals surface area contributed by atoms with Crippen molar-refractivity contribution in [2.75, 3.05) is 6.61 Å². The highest BCUT2D eigenvalue weighted by atomic mass is 127. The van der Waals surface area contributed by atoms with Gasteiger partial charge in [0.15, 0.2) is 0 Å². The molecule has 0 bridgehead atoms. The molecule has 11 heteroatoms. The van der Waals surface area contributed by atoms with Crippen LogP contribution in [0.2, 0.25) is 0 Å². The van der Waals surface area contributed by atoms with Crippen molar-refractivity contribution < 1.29 is 40.6 Å². The van der Waals surface area contributed by atoms with Gasteiger partial charge in [-0.05, 0) is 35.1 Å². The fraction of sp³-hybridized carbons (Fsp3) is 0.455. The van der Waals surface area contributed by atoms with Gasteiger partial charge in [-0.3, -0.25) is 4.79 Å². The van der Waals surface area contributed by atoms with E-state index in [0.29, 0.717) is 6.20 Å². The zero-order chi connectivity index (χ0) is 17.1. The van der Waals surface area contributed by atoms with E-state index in [2.05, 4.69) is 14.5 Å². The van der Waals surface area contributed by atoms with Crippen molar-refractivity contribution >= 4 is 28.6 Å². The molecule has 1 aromatic heterocycles. The number of halogens is 7. The quantitative estimate of drug-likeness (QED) is 0.405. The summed E-state index contributed by atoms with van der Waals surface area (Å²) in [5.41, 5.74) is -2.00. The third kappa shape index (κ3) is 5.18. The van der Waals surface area contributed by atoms with Crippen molar-refractivity contribution in [1.29, 1.82) is 0 Å². The number of alkyl halides is 6. The van der Waals surface area contributed by atoms with Crippen LogP contribution in [0.5, 0.6) is 5.88 Å². The summed E-state index contributed by atoms with van der Waals surface area (Å²) in [5, 5.41) is 0. The van der Waals surface area contributed by atoms with Crippen molar-refractivity contribution in [3.8, 4) is 5.88 Å². The second-order valence-corrected chi connectivity index (χ2v) is 4.88. The van der Waals surface area contributed by atoms with Crippen molar-refractivity contribution in [2.45, 2.75) is 25.9 Å². The SMILES string of the molecule is CCOC(=O)Cc1cnc(OC(F)(F)F)c(I)c1C(F)(F)F. The predicted octanol–water partition coefficient (Wildman–Crippen LogP) is 3.71. The zero-order valence-corrected chi connectivity index (χ0v) is 13.0. The molecule has 0 unspecified atom stereocenters. The number of rotatable bonds is 4. The van der Waals surface area contributed by atoms with Gasteiger partial charge in [0.2, 0.25) is 5.88 Å². The van der Waals surface area contributed by atoms with Crippen molar-refractivity contribution in [3.05, 3.63) is 20.9 Å². The standard InChI is InChI=1S/C11H8F6INO3/c1-2-21-6(20)3-5-4-19-9(22-11(15,16)17)8(18)7(5)10(12,13)14/h4H,2-3H2,1H3. The molecule has 0 spiro atoms. The fourth-order valence-corrected chi connectivity index (χ4v) is 2.40. The molecule has 0 aliphatic carbocycles. The molecule has 1 rings (SSSR count). The normalized spacial score (nSPS) is 12.2. The molecule has 0 saturated heterocycles. The third-order valence-electron chi connectivity index (χ3n) is 2.20. The summed E-state index contributed by atoms with van der Waals surface area (Å²) in [7, 11) is 0. The smallest absolute Gasteiger partial charge is 0.466 e. The molecule has 0 N–H and O–H groups in total. The third-order valence-corrected chi connectivity index (χ3v) is 3.20. The van der Waals surface area contributed by atoms with Gasteiger partial charge < -0.3 is 9.47 Å². The first-order valence-electron chi connectivity index (χ1n) is 5.61. The molecular formula is C11H8F6INO3. The van der Waals surface area contributed by atoms with Gasteiger partial charge in [-0.1, -0.05) is 0 Å². The Morgan fingerprint density at radius 1 is 1.27 bits per heavy atom. The largest absolute Gasteiger partial charge is 0.574 e. The van der Waals surface area contributed by atoms with E-state index in [-0.39, 0.29) is 6.61 Å². The summed E-state index contributed by atoms with van der Waals surface area (Å²) in [6.45, 7) is 1.42. The molecule has 0 saturated carbocycles. The highest BCUT2D eigenvalue weighted by Gasteiger charge is 2.40. The van der Waals surface area contributed by atoms with Crippen LogP contribution in [0.3, 0.4) is 0 Å². The first-order valence-corrected chi connectivity index (χ1v) is 6.69. The molecule has 0 radical (unpaired) electrons. The Bertz CT molecular complexity index is 558. The van der Waals surface area contributed by atoms with Crippen LogP contribution in [-0.4, -0.2) is 23.9 Å². The number of nitrogens with zero attached hydrogens (tertiary/aromatic N) is 1. The van der Waals surface area contributed by atoms with Crippen molar-refractivity contribution in [3.63, 3.8) is 0 Å². The van der Waals surface area contributed by atoms with E-state index in [0.717, 1.165) is 22.6 Å². The summed E-state index contributed by atoms with van der Waals surface area (Å²) in [6.07, 6.45) is -10.4. The van der Waals surface area contributed by atoms with Crippen LogP contribution in [-0.2, 0) is 22.1 Å². The van der Waals surface area contributed by atoms with Crippen LogP contribution < -0.4 is 4.74 Å². The molecule has 1 aromatic rings. The number of hydrogen-bond acceptors (Lipinski definition) is 4. The predicted molar refractivity (Wildman–Crippen MR) is 69.0 cm³/mol. The number of carbonyl (C=O) groups is 1. The molecule has 0 aliphatic rings. The monoisotopic (exact) mass is 443 g/mol. The Hall–Kier alpha value is -1.27. The van der Waals surface area contributed by atoms with Gasteiger partial charge in [-0.25, -0.2) is 4.98 Å². The van der Waals surface area contributed by atoms with Gasteiger partial charge in [-0.2, -0.15) is 13.2 Å². The zero-order valence-electron chi connectivity index (χ0n) is 10.8. The van der Waals surface area contributed by atoms with Crippen molar-refractivity contribution in [2.24, 2.45) is 0 Å². The molecule has 0 aliphatic heterocycles. The topological polar surface area (TPSA) is 48.4 Å². The van der Waals surface area contributed by atoms with E-state index in [9.17, 15) is 31.1 Å².